The standard InChI is InChI=1S/C6H11N3/c1-2-3-4-9-5-7-8-6-9/h5-6H,2-4H2,1H3/p+1. The van der Waals surface area contributed by atoms with Crippen LogP contribution in [0.25, 0.3) is 0 Å². The maximum atomic E-state index is 3.81. The molecule has 0 radical (unpaired) electrons. The Bertz CT molecular complexity index is 145. The predicted molar refractivity (Wildman–Crippen MR) is 33.7 cm³/mol. The minimum absolute atomic E-state index is 1.08. The van der Waals surface area contributed by atoms with E-state index >= 15 is 0 Å². The smallest absolute Gasteiger partial charge is 0.237 e. The van der Waals surface area contributed by atoms with Crippen molar-refractivity contribution in [3.05, 3.63) is 12.7 Å². The van der Waals surface area contributed by atoms with Gasteiger partial charge in [0.15, 0.2) is 0 Å². The van der Waals surface area contributed by atoms with Gasteiger partial charge in [-0.1, -0.05) is 13.3 Å². The van der Waals surface area contributed by atoms with Crippen molar-refractivity contribution in [2.24, 2.45) is 0 Å². The van der Waals surface area contributed by atoms with Gasteiger partial charge in [-0.05, 0) is 6.42 Å². The Morgan fingerprint density at radius 2 is 2.56 bits per heavy atom. The van der Waals surface area contributed by atoms with E-state index in [0.29, 0.717) is 0 Å². The number of aryl methyl sites for hydroxylation is 1. The van der Waals surface area contributed by atoms with E-state index in [1.165, 1.54) is 12.8 Å². The summed E-state index contributed by atoms with van der Waals surface area (Å²) in [6.45, 7) is 3.26. The van der Waals surface area contributed by atoms with E-state index in [1.54, 1.807) is 6.33 Å². The van der Waals surface area contributed by atoms with Crippen LogP contribution in [0.2, 0.25) is 0 Å². The molecule has 50 valence electrons. The van der Waals surface area contributed by atoms with Crippen molar-refractivity contribution in [3.8, 4) is 0 Å². The van der Waals surface area contributed by atoms with E-state index in [-0.39, 0.29) is 0 Å². The third kappa shape index (κ3) is 1.83. The number of H-pyrrole nitrogens is 1. The summed E-state index contributed by atoms with van der Waals surface area (Å²) in [4.78, 5) is 0. The molecule has 0 amide bonds. The van der Waals surface area contributed by atoms with Crippen LogP contribution >= 0.6 is 0 Å². The number of nitrogens with zero attached hydrogens (tertiary/aromatic N) is 2. The number of hydrogen-bond donors (Lipinski definition) is 1. The van der Waals surface area contributed by atoms with Crippen molar-refractivity contribution in [2.75, 3.05) is 0 Å². The second kappa shape index (κ2) is 3.22. The van der Waals surface area contributed by atoms with Gasteiger partial charge in [0.05, 0.1) is 6.54 Å². The fourth-order valence-electron chi connectivity index (χ4n) is 0.711. The van der Waals surface area contributed by atoms with Crippen molar-refractivity contribution in [1.82, 2.24) is 10.2 Å². The molecule has 0 fully saturated rings. The normalized spacial score (nSPS) is 9.89. The lowest BCUT2D eigenvalue weighted by molar-refractivity contribution is -0.697. The molecule has 0 saturated heterocycles. The minimum Gasteiger partial charge on any atom is -0.237 e. The lowest BCUT2D eigenvalue weighted by Gasteiger charge is -1.89. The molecule has 3 nitrogen and oxygen atoms in total. The van der Waals surface area contributed by atoms with Gasteiger partial charge < -0.3 is 0 Å². The maximum Gasteiger partial charge on any atom is 0.264 e. The van der Waals surface area contributed by atoms with Gasteiger partial charge in [-0.15, -0.1) is 5.10 Å². The summed E-state index contributed by atoms with van der Waals surface area (Å²) in [7, 11) is 0. The zero-order valence-corrected chi connectivity index (χ0v) is 5.67. The fourth-order valence-corrected chi connectivity index (χ4v) is 0.711. The molecular formula is C6H12N3+. The van der Waals surface area contributed by atoms with Crippen LogP contribution in [0.4, 0.5) is 0 Å². The van der Waals surface area contributed by atoms with Gasteiger partial charge in [0, 0.05) is 5.10 Å². The summed E-state index contributed by atoms with van der Waals surface area (Å²) in [6.07, 6.45) is 6.13. The quantitative estimate of drug-likeness (QED) is 0.588. The summed E-state index contributed by atoms with van der Waals surface area (Å²) in [5.74, 6) is 0. The van der Waals surface area contributed by atoms with Gasteiger partial charge in [-0.3, -0.25) is 0 Å². The number of rotatable bonds is 3. The van der Waals surface area contributed by atoms with Crippen LogP contribution in [0.5, 0.6) is 0 Å². The number of nitrogens with one attached hydrogen (secondary N) is 1. The highest BCUT2D eigenvalue weighted by atomic mass is 15.2. The summed E-state index contributed by atoms with van der Waals surface area (Å²) in [5, 5.41) is 6.56. The third-order valence-corrected chi connectivity index (χ3v) is 1.27. The zero-order chi connectivity index (χ0) is 6.53. The van der Waals surface area contributed by atoms with Crippen LogP contribution < -0.4 is 4.57 Å². The number of aromatic amines is 1. The molecular weight excluding hydrogens is 114 g/mol. The van der Waals surface area contributed by atoms with E-state index in [1.807, 2.05) is 10.9 Å². The first-order chi connectivity index (χ1) is 4.43. The first-order valence-electron chi connectivity index (χ1n) is 3.31. The number of hydrogen-bond acceptors (Lipinski definition) is 1. The van der Waals surface area contributed by atoms with Gasteiger partial charge in [-0.2, -0.15) is 0 Å². The predicted octanol–water partition coefficient (Wildman–Crippen LogP) is 0.497. The second-order valence-electron chi connectivity index (χ2n) is 2.09. The highest BCUT2D eigenvalue weighted by molar-refractivity contribution is 4.31. The molecule has 0 bridgehead atoms. The Morgan fingerprint density at radius 3 is 3.11 bits per heavy atom. The Hall–Kier alpha value is -0.860. The molecule has 1 rings (SSSR count). The Kier molecular flexibility index (Phi) is 2.24. The van der Waals surface area contributed by atoms with Gasteiger partial charge in [0.2, 0.25) is 6.33 Å². The average Bonchev–Trinajstić information content (AvgIpc) is 2.34. The van der Waals surface area contributed by atoms with Crippen LogP contribution in [-0.4, -0.2) is 10.2 Å². The molecule has 0 saturated carbocycles. The first kappa shape index (κ1) is 6.26. The lowest BCUT2D eigenvalue weighted by Crippen LogP contribution is -2.30. The second-order valence-corrected chi connectivity index (χ2v) is 2.09. The van der Waals surface area contributed by atoms with E-state index in [4.69, 9.17) is 0 Å². The van der Waals surface area contributed by atoms with Crippen LogP contribution in [-0.2, 0) is 6.54 Å². The van der Waals surface area contributed by atoms with E-state index in [0.717, 1.165) is 6.54 Å². The van der Waals surface area contributed by atoms with Crippen molar-refractivity contribution in [2.45, 2.75) is 26.3 Å². The molecule has 0 unspecified atom stereocenters. The molecule has 1 N–H and O–H groups in total. The molecule has 1 aromatic rings. The summed E-state index contributed by atoms with van der Waals surface area (Å²) < 4.78 is 2.05. The molecule has 0 spiro atoms. The fraction of sp³-hybridized carbons (Fsp3) is 0.667. The minimum atomic E-state index is 1.08. The molecule has 0 aliphatic carbocycles. The largest absolute Gasteiger partial charge is 0.264 e. The van der Waals surface area contributed by atoms with E-state index in [9.17, 15) is 0 Å². The third-order valence-electron chi connectivity index (χ3n) is 1.27. The maximum absolute atomic E-state index is 3.81. The average molecular weight is 126 g/mol. The van der Waals surface area contributed by atoms with Crippen LogP contribution in [0.1, 0.15) is 19.8 Å². The summed E-state index contributed by atoms with van der Waals surface area (Å²) >= 11 is 0. The van der Waals surface area contributed by atoms with Gasteiger partial charge in [0.1, 0.15) is 0 Å². The van der Waals surface area contributed by atoms with Crippen molar-refractivity contribution in [3.63, 3.8) is 0 Å². The Labute approximate surface area is 54.7 Å². The van der Waals surface area contributed by atoms with E-state index < -0.39 is 0 Å². The molecule has 1 heterocycles. The molecule has 0 aliphatic heterocycles. The zero-order valence-electron chi connectivity index (χ0n) is 5.67. The van der Waals surface area contributed by atoms with Crippen LogP contribution in [0.3, 0.4) is 0 Å². The Morgan fingerprint density at radius 1 is 1.67 bits per heavy atom. The highest BCUT2D eigenvalue weighted by Gasteiger charge is 1.93. The van der Waals surface area contributed by atoms with Crippen molar-refractivity contribution >= 4 is 0 Å². The van der Waals surface area contributed by atoms with Crippen LogP contribution in [0.15, 0.2) is 12.7 Å². The van der Waals surface area contributed by atoms with Gasteiger partial charge in [0.25, 0.3) is 6.33 Å². The topological polar surface area (TPSA) is 32.6 Å². The van der Waals surface area contributed by atoms with Crippen LogP contribution in [0, 0.1) is 0 Å². The molecule has 0 aliphatic rings. The molecule has 0 atom stereocenters. The number of unbranched alkanes of at least 4 members (excludes halogenated alkanes) is 1. The van der Waals surface area contributed by atoms with E-state index in [2.05, 4.69) is 17.1 Å². The van der Waals surface area contributed by atoms with Crippen molar-refractivity contribution in [1.29, 1.82) is 0 Å². The SMILES string of the molecule is CCCC[n+]1cn[nH]c1. The van der Waals surface area contributed by atoms with Crippen molar-refractivity contribution < 1.29 is 4.57 Å². The highest BCUT2D eigenvalue weighted by Crippen LogP contribution is 1.83. The monoisotopic (exact) mass is 126 g/mol. The summed E-state index contributed by atoms with van der Waals surface area (Å²) in [6, 6.07) is 0. The molecule has 0 aromatic carbocycles. The lowest BCUT2D eigenvalue weighted by atomic mass is 10.3. The molecule has 3 heteroatoms. The molecule has 9 heavy (non-hydrogen) atoms. The number of aromatic nitrogens is 3. The van der Waals surface area contributed by atoms with Gasteiger partial charge in [-0.25, -0.2) is 4.57 Å². The van der Waals surface area contributed by atoms with Gasteiger partial charge >= 0.3 is 0 Å². The summed E-state index contributed by atoms with van der Waals surface area (Å²) in [5.41, 5.74) is 0. The first-order valence-corrected chi connectivity index (χ1v) is 3.31. The Balaban J connectivity index is 2.30. The molecule has 1 aromatic heterocycles.